The van der Waals surface area contributed by atoms with Crippen molar-refractivity contribution in [3.05, 3.63) is 47.5 Å². The van der Waals surface area contributed by atoms with Crippen molar-refractivity contribution < 1.29 is 9.59 Å². The van der Waals surface area contributed by atoms with Crippen LogP contribution in [0.3, 0.4) is 0 Å². The molecule has 4 heteroatoms. The van der Waals surface area contributed by atoms with Crippen LogP contribution in [0.5, 0.6) is 0 Å². The molecule has 80 valence electrons. The van der Waals surface area contributed by atoms with E-state index in [1.54, 1.807) is 0 Å². The Morgan fingerprint density at radius 2 is 1.69 bits per heavy atom. The number of carbonyl (C=O) groups is 2. The van der Waals surface area contributed by atoms with Gasteiger partial charge in [0.2, 0.25) is 0 Å². The molecule has 0 aromatic heterocycles. The number of carbonyl (C=O) groups excluding carboxylic acids is 2. The summed E-state index contributed by atoms with van der Waals surface area (Å²) in [5.74, 6) is -0.657. The van der Waals surface area contributed by atoms with Gasteiger partial charge in [-0.3, -0.25) is 14.9 Å². The molecular weight excluding hydrogens is 204 g/mol. The largest absolute Gasteiger partial charge is 0.304 e. The van der Waals surface area contributed by atoms with Crippen LogP contribution in [0.1, 0.15) is 11.1 Å². The van der Waals surface area contributed by atoms with E-state index in [9.17, 15) is 9.59 Å². The van der Waals surface area contributed by atoms with E-state index in [1.807, 2.05) is 23.5 Å². The average molecular weight is 214 g/mol. The smallest absolute Gasteiger partial charge is 0.250 e. The fraction of sp³-hybridized carbons (Fsp3) is 0.0833. The van der Waals surface area contributed by atoms with Crippen LogP contribution < -0.4 is 5.32 Å². The Balaban J connectivity index is 0.000000125. The molecule has 0 saturated heterocycles. The fourth-order valence-corrected chi connectivity index (χ4v) is 1.50. The minimum absolute atomic E-state index is 0.329. The van der Waals surface area contributed by atoms with Crippen LogP contribution in [0.4, 0.5) is 0 Å². The van der Waals surface area contributed by atoms with E-state index in [4.69, 9.17) is 5.41 Å². The summed E-state index contributed by atoms with van der Waals surface area (Å²) in [6.45, 7) is 0. The number of hydrogen-bond acceptors (Lipinski definition) is 3. The third kappa shape index (κ3) is 2.06. The third-order valence-electron chi connectivity index (χ3n) is 2.34. The molecule has 0 fully saturated rings. The average Bonchev–Trinajstić information content (AvgIpc) is 2.62. The van der Waals surface area contributed by atoms with Gasteiger partial charge in [0, 0.05) is 24.3 Å². The highest BCUT2D eigenvalue weighted by Crippen LogP contribution is 2.20. The van der Waals surface area contributed by atoms with Crippen molar-refractivity contribution in [3.63, 3.8) is 0 Å². The first-order valence-corrected chi connectivity index (χ1v) is 4.85. The van der Waals surface area contributed by atoms with Crippen molar-refractivity contribution in [2.24, 2.45) is 0 Å². The van der Waals surface area contributed by atoms with E-state index in [1.165, 1.54) is 17.7 Å². The second kappa shape index (κ2) is 4.10. The van der Waals surface area contributed by atoms with Gasteiger partial charge in [-0.25, -0.2) is 0 Å². The lowest BCUT2D eigenvalue weighted by Crippen LogP contribution is -2.19. The number of rotatable bonds is 0. The molecule has 4 nitrogen and oxygen atoms in total. The lowest BCUT2D eigenvalue weighted by molar-refractivity contribution is -0.123. The van der Waals surface area contributed by atoms with Gasteiger partial charge in [0.25, 0.3) is 11.8 Å². The number of amides is 2. The normalized spacial score (nSPS) is 15.9. The summed E-state index contributed by atoms with van der Waals surface area (Å²) in [4.78, 5) is 20.1. The summed E-state index contributed by atoms with van der Waals surface area (Å²) in [7, 11) is 0. The predicted octanol–water partition coefficient (Wildman–Crippen LogP) is 0.810. The number of hydrogen-bond donors (Lipinski definition) is 2. The molecule has 1 heterocycles. The molecule has 2 N–H and O–H groups in total. The molecule has 16 heavy (non-hydrogen) atoms. The van der Waals surface area contributed by atoms with Crippen LogP contribution in [-0.2, 0) is 16.0 Å². The molecule has 0 spiro atoms. The van der Waals surface area contributed by atoms with Crippen molar-refractivity contribution >= 4 is 17.5 Å². The molecule has 0 bridgehead atoms. The highest BCUT2D eigenvalue weighted by molar-refractivity contribution is 6.12. The zero-order valence-corrected chi connectivity index (χ0v) is 8.49. The third-order valence-corrected chi connectivity index (χ3v) is 2.34. The SMILES string of the molecule is N=C1Cc2ccccc21.O=C1C=CC(=O)N1. The van der Waals surface area contributed by atoms with Crippen molar-refractivity contribution in [3.8, 4) is 0 Å². The molecule has 1 aliphatic carbocycles. The molecule has 3 rings (SSSR count). The maximum atomic E-state index is 10.0. The molecule has 2 aliphatic rings. The van der Waals surface area contributed by atoms with Crippen molar-refractivity contribution in [1.29, 1.82) is 5.41 Å². The van der Waals surface area contributed by atoms with Crippen LogP contribution in [0.15, 0.2) is 36.4 Å². The Morgan fingerprint density at radius 3 is 2.06 bits per heavy atom. The summed E-state index contributed by atoms with van der Waals surface area (Å²) < 4.78 is 0. The van der Waals surface area contributed by atoms with Crippen LogP contribution in [0, 0.1) is 5.41 Å². The number of imide groups is 1. The van der Waals surface area contributed by atoms with Gasteiger partial charge in [0.1, 0.15) is 0 Å². The van der Waals surface area contributed by atoms with Crippen molar-refractivity contribution in [2.45, 2.75) is 6.42 Å². The molecule has 2 amide bonds. The van der Waals surface area contributed by atoms with Gasteiger partial charge in [-0.1, -0.05) is 24.3 Å². The van der Waals surface area contributed by atoms with Gasteiger partial charge < -0.3 is 5.41 Å². The van der Waals surface area contributed by atoms with Gasteiger partial charge in [-0.2, -0.15) is 0 Å². The highest BCUT2D eigenvalue weighted by atomic mass is 16.2. The van der Waals surface area contributed by atoms with Crippen LogP contribution in [0.2, 0.25) is 0 Å². The summed E-state index contributed by atoms with van der Waals surface area (Å²) in [5, 5.41) is 9.34. The summed E-state index contributed by atoms with van der Waals surface area (Å²) in [6.07, 6.45) is 3.26. The Labute approximate surface area is 92.5 Å². The molecule has 0 unspecified atom stereocenters. The predicted molar refractivity (Wildman–Crippen MR) is 59.3 cm³/mol. The minimum Gasteiger partial charge on any atom is -0.304 e. The molecule has 0 saturated carbocycles. The summed E-state index contributed by atoms with van der Waals surface area (Å²) in [6, 6.07) is 8.08. The minimum atomic E-state index is -0.329. The summed E-state index contributed by atoms with van der Waals surface area (Å²) >= 11 is 0. The first-order chi connectivity index (χ1) is 7.66. The fourth-order valence-electron chi connectivity index (χ4n) is 1.50. The van der Waals surface area contributed by atoms with Gasteiger partial charge in [0.15, 0.2) is 0 Å². The van der Waals surface area contributed by atoms with Crippen molar-refractivity contribution in [2.75, 3.05) is 0 Å². The first kappa shape index (κ1) is 10.3. The van der Waals surface area contributed by atoms with E-state index in [0.717, 1.165) is 17.7 Å². The monoisotopic (exact) mass is 214 g/mol. The van der Waals surface area contributed by atoms with Crippen LogP contribution in [0.25, 0.3) is 0 Å². The van der Waals surface area contributed by atoms with E-state index in [-0.39, 0.29) is 11.8 Å². The van der Waals surface area contributed by atoms with E-state index < -0.39 is 0 Å². The standard InChI is InChI=1S/C8H7N.C4H3NO2/c9-8-5-6-3-1-2-4-7(6)8;6-3-1-2-4(7)5-3/h1-4,9H,5H2;1-2H,(H,5,6,7). The van der Waals surface area contributed by atoms with Gasteiger partial charge >= 0.3 is 0 Å². The highest BCUT2D eigenvalue weighted by Gasteiger charge is 2.16. The lowest BCUT2D eigenvalue weighted by Gasteiger charge is -2.18. The zero-order valence-electron chi connectivity index (χ0n) is 8.49. The molecule has 0 atom stereocenters. The lowest BCUT2D eigenvalue weighted by atomic mass is 9.87. The Morgan fingerprint density at radius 1 is 1.06 bits per heavy atom. The Kier molecular flexibility index (Phi) is 2.64. The van der Waals surface area contributed by atoms with Gasteiger partial charge in [-0.05, 0) is 11.1 Å². The van der Waals surface area contributed by atoms with Gasteiger partial charge in [-0.15, -0.1) is 0 Å². The van der Waals surface area contributed by atoms with Gasteiger partial charge in [0.05, 0.1) is 0 Å². The molecule has 1 aromatic carbocycles. The molecule has 1 aromatic rings. The zero-order chi connectivity index (χ0) is 11.5. The quantitative estimate of drug-likeness (QED) is 0.627. The van der Waals surface area contributed by atoms with Crippen LogP contribution in [-0.4, -0.2) is 17.5 Å². The molecular formula is C12H10N2O2. The van der Waals surface area contributed by atoms with Crippen molar-refractivity contribution in [1.82, 2.24) is 5.32 Å². The van der Waals surface area contributed by atoms with E-state index in [0.29, 0.717) is 0 Å². The number of fused-ring (bicyclic) bond motifs is 1. The van der Waals surface area contributed by atoms with E-state index >= 15 is 0 Å². The topological polar surface area (TPSA) is 70.0 Å². The number of benzene rings is 1. The number of nitrogens with one attached hydrogen (secondary N) is 2. The second-order valence-corrected chi connectivity index (χ2v) is 3.50. The van der Waals surface area contributed by atoms with E-state index in [2.05, 4.69) is 6.07 Å². The second-order valence-electron chi connectivity index (χ2n) is 3.50. The maximum Gasteiger partial charge on any atom is 0.250 e. The molecule has 1 aliphatic heterocycles. The molecule has 0 radical (unpaired) electrons. The maximum absolute atomic E-state index is 10.0. The first-order valence-electron chi connectivity index (χ1n) is 4.85. The van der Waals surface area contributed by atoms with Crippen LogP contribution >= 0.6 is 0 Å². The summed E-state index contributed by atoms with van der Waals surface area (Å²) in [5.41, 5.74) is 3.24. The Hall–Kier alpha value is -2.23. The Bertz CT molecular complexity index is 487.